The van der Waals surface area contributed by atoms with Gasteiger partial charge < -0.3 is 10.1 Å². The first-order chi connectivity index (χ1) is 12.6. The van der Waals surface area contributed by atoms with Crippen LogP contribution in [-0.4, -0.2) is 15.7 Å². The van der Waals surface area contributed by atoms with E-state index in [4.69, 9.17) is 4.74 Å². The van der Waals surface area contributed by atoms with E-state index in [9.17, 15) is 4.79 Å². The summed E-state index contributed by atoms with van der Waals surface area (Å²) in [6.45, 7) is 2.00. The Labute approximate surface area is 153 Å². The number of amides is 1. The van der Waals surface area contributed by atoms with Gasteiger partial charge in [0.05, 0.1) is 11.9 Å². The lowest BCUT2D eigenvalue weighted by Gasteiger charge is -2.18. The minimum atomic E-state index is -0.107. The van der Waals surface area contributed by atoms with Crippen molar-refractivity contribution in [3.05, 3.63) is 78.1 Å². The van der Waals surface area contributed by atoms with Crippen molar-refractivity contribution in [2.24, 2.45) is 7.05 Å². The quantitative estimate of drug-likeness (QED) is 0.698. The Hall–Kier alpha value is -3.08. The highest BCUT2D eigenvalue weighted by Crippen LogP contribution is 2.29. The largest absolute Gasteiger partial charge is 0.484 e. The maximum absolute atomic E-state index is 12.3. The molecule has 0 saturated carbocycles. The molecule has 5 nitrogen and oxygen atoms in total. The number of anilines is 1. The summed E-state index contributed by atoms with van der Waals surface area (Å²) >= 11 is 0. The normalized spacial score (nSPS) is 11.8. The summed E-state index contributed by atoms with van der Waals surface area (Å²) in [5.41, 5.74) is 2.82. The van der Waals surface area contributed by atoms with Crippen LogP contribution in [0.1, 0.15) is 30.6 Å². The summed E-state index contributed by atoms with van der Waals surface area (Å²) in [6, 6.07) is 17.5. The van der Waals surface area contributed by atoms with Crippen molar-refractivity contribution in [1.29, 1.82) is 0 Å². The van der Waals surface area contributed by atoms with E-state index in [0.717, 1.165) is 11.1 Å². The third-order valence-corrected chi connectivity index (χ3v) is 4.13. The van der Waals surface area contributed by atoms with Crippen molar-refractivity contribution in [1.82, 2.24) is 9.78 Å². The minimum absolute atomic E-state index is 0.0442. The fraction of sp³-hybridized carbons (Fsp3) is 0.238. The first kappa shape index (κ1) is 17.7. The van der Waals surface area contributed by atoms with Gasteiger partial charge in [-0.25, -0.2) is 0 Å². The van der Waals surface area contributed by atoms with Crippen LogP contribution in [0.2, 0.25) is 0 Å². The molecule has 0 unspecified atom stereocenters. The van der Waals surface area contributed by atoms with Crippen molar-refractivity contribution in [3.8, 4) is 5.75 Å². The number of aryl methyl sites for hydroxylation is 2. The summed E-state index contributed by atoms with van der Waals surface area (Å²) in [4.78, 5) is 12.3. The number of carbonyl (C=O) groups is 1. The van der Waals surface area contributed by atoms with Crippen molar-refractivity contribution in [2.45, 2.75) is 25.9 Å². The zero-order chi connectivity index (χ0) is 18.4. The molecule has 1 N–H and O–H groups in total. The van der Waals surface area contributed by atoms with Gasteiger partial charge in [-0.1, -0.05) is 42.5 Å². The molecule has 3 rings (SSSR count). The summed E-state index contributed by atoms with van der Waals surface area (Å²) in [5.74, 6) is 0.621. The molecule has 0 aliphatic carbocycles. The van der Waals surface area contributed by atoms with Crippen LogP contribution in [-0.2, 0) is 18.3 Å². The van der Waals surface area contributed by atoms with Gasteiger partial charge in [0.15, 0.2) is 0 Å². The number of nitrogens with zero attached hydrogens (tertiary/aromatic N) is 2. The van der Waals surface area contributed by atoms with Crippen LogP contribution in [0.15, 0.2) is 67.0 Å². The molecule has 0 spiro atoms. The molecule has 134 valence electrons. The standard InChI is InChI=1S/C21H23N3O2/c1-16(18-8-4-3-5-9-18)26-20-11-7-6-10-19(20)23-21(25)13-12-17-14-22-24(2)15-17/h3-11,14-16H,12-13H2,1-2H3,(H,23,25)/t16-/m1/s1. The van der Waals surface area contributed by atoms with E-state index in [1.54, 1.807) is 10.9 Å². The molecule has 1 aromatic heterocycles. The fourth-order valence-electron chi connectivity index (χ4n) is 2.73. The van der Waals surface area contributed by atoms with Crippen LogP contribution < -0.4 is 10.1 Å². The number of hydrogen-bond donors (Lipinski definition) is 1. The van der Waals surface area contributed by atoms with E-state index >= 15 is 0 Å². The smallest absolute Gasteiger partial charge is 0.224 e. The van der Waals surface area contributed by atoms with Gasteiger partial charge in [0.25, 0.3) is 0 Å². The number of rotatable bonds is 7. The zero-order valence-corrected chi connectivity index (χ0v) is 15.1. The van der Waals surface area contributed by atoms with E-state index in [0.29, 0.717) is 24.3 Å². The Morgan fingerprint density at radius 3 is 2.62 bits per heavy atom. The molecule has 3 aromatic rings. The van der Waals surface area contributed by atoms with Crippen LogP contribution in [0.3, 0.4) is 0 Å². The lowest BCUT2D eigenvalue weighted by atomic mass is 10.1. The first-order valence-electron chi connectivity index (χ1n) is 8.70. The Bertz CT molecular complexity index is 858. The second kappa shape index (κ2) is 8.34. The van der Waals surface area contributed by atoms with Crippen molar-refractivity contribution < 1.29 is 9.53 Å². The van der Waals surface area contributed by atoms with Gasteiger partial charge in [0.2, 0.25) is 5.91 Å². The first-order valence-corrected chi connectivity index (χ1v) is 8.70. The molecule has 5 heteroatoms. The van der Waals surface area contributed by atoms with Gasteiger partial charge >= 0.3 is 0 Å². The van der Waals surface area contributed by atoms with Crippen LogP contribution in [0.5, 0.6) is 5.75 Å². The summed E-state index contributed by atoms with van der Waals surface area (Å²) < 4.78 is 7.81. The number of benzene rings is 2. The second-order valence-electron chi connectivity index (χ2n) is 6.24. The molecular formula is C21H23N3O2. The van der Waals surface area contributed by atoms with Crippen LogP contribution in [0, 0.1) is 0 Å². The maximum Gasteiger partial charge on any atom is 0.224 e. The summed E-state index contributed by atoms with van der Waals surface area (Å²) in [5, 5.41) is 7.07. The fourth-order valence-corrected chi connectivity index (χ4v) is 2.73. The third kappa shape index (κ3) is 4.72. The number of carbonyl (C=O) groups excluding carboxylic acids is 1. The molecular weight excluding hydrogens is 326 g/mol. The van der Waals surface area contributed by atoms with E-state index in [1.807, 2.05) is 74.8 Å². The molecule has 0 aliphatic rings. The van der Waals surface area contributed by atoms with Crippen molar-refractivity contribution in [2.75, 3.05) is 5.32 Å². The van der Waals surface area contributed by atoms with Gasteiger partial charge in [0.1, 0.15) is 11.9 Å². The Morgan fingerprint density at radius 2 is 1.88 bits per heavy atom. The second-order valence-corrected chi connectivity index (χ2v) is 6.24. The van der Waals surface area contributed by atoms with Crippen LogP contribution in [0.4, 0.5) is 5.69 Å². The topological polar surface area (TPSA) is 56.1 Å². The van der Waals surface area contributed by atoms with E-state index in [-0.39, 0.29) is 12.0 Å². The Balaban J connectivity index is 1.62. The SMILES string of the molecule is C[C@@H](Oc1ccccc1NC(=O)CCc1cnn(C)c1)c1ccccc1. The van der Waals surface area contributed by atoms with Gasteiger partial charge in [0, 0.05) is 19.7 Å². The maximum atomic E-state index is 12.3. The third-order valence-electron chi connectivity index (χ3n) is 4.13. The zero-order valence-electron chi connectivity index (χ0n) is 15.1. The molecule has 2 aromatic carbocycles. The molecule has 0 bridgehead atoms. The molecule has 0 aliphatic heterocycles. The number of nitrogens with one attached hydrogen (secondary N) is 1. The molecule has 0 radical (unpaired) electrons. The molecule has 1 heterocycles. The van der Waals surface area contributed by atoms with E-state index < -0.39 is 0 Å². The van der Waals surface area contributed by atoms with Crippen molar-refractivity contribution >= 4 is 11.6 Å². The van der Waals surface area contributed by atoms with Gasteiger partial charge in [-0.3, -0.25) is 9.48 Å². The Morgan fingerprint density at radius 1 is 1.15 bits per heavy atom. The highest BCUT2D eigenvalue weighted by atomic mass is 16.5. The van der Waals surface area contributed by atoms with E-state index in [1.165, 1.54) is 0 Å². The molecule has 1 atom stereocenters. The van der Waals surface area contributed by atoms with Crippen LogP contribution in [0.25, 0.3) is 0 Å². The minimum Gasteiger partial charge on any atom is -0.484 e. The van der Waals surface area contributed by atoms with E-state index in [2.05, 4.69) is 10.4 Å². The van der Waals surface area contributed by atoms with Gasteiger partial charge in [-0.2, -0.15) is 5.10 Å². The molecule has 0 fully saturated rings. The number of aromatic nitrogens is 2. The summed E-state index contributed by atoms with van der Waals surface area (Å²) in [7, 11) is 1.87. The van der Waals surface area contributed by atoms with Crippen molar-refractivity contribution in [3.63, 3.8) is 0 Å². The lowest BCUT2D eigenvalue weighted by Crippen LogP contribution is -2.14. The monoisotopic (exact) mass is 349 g/mol. The lowest BCUT2D eigenvalue weighted by molar-refractivity contribution is -0.116. The summed E-state index contributed by atoms with van der Waals surface area (Å²) in [6.07, 6.45) is 4.65. The molecule has 1 amide bonds. The molecule has 0 saturated heterocycles. The van der Waals surface area contributed by atoms with Crippen LogP contribution >= 0.6 is 0 Å². The number of ether oxygens (including phenoxy) is 1. The van der Waals surface area contributed by atoms with Gasteiger partial charge in [-0.15, -0.1) is 0 Å². The highest BCUT2D eigenvalue weighted by Gasteiger charge is 2.12. The predicted molar refractivity (Wildman–Crippen MR) is 102 cm³/mol. The Kier molecular flexibility index (Phi) is 5.69. The molecule has 26 heavy (non-hydrogen) atoms. The average molecular weight is 349 g/mol. The number of hydrogen-bond acceptors (Lipinski definition) is 3. The van der Waals surface area contributed by atoms with Gasteiger partial charge in [-0.05, 0) is 36.6 Å². The number of para-hydroxylation sites is 2. The average Bonchev–Trinajstić information content (AvgIpc) is 3.08. The highest BCUT2D eigenvalue weighted by molar-refractivity contribution is 5.92. The predicted octanol–water partition coefficient (Wildman–Crippen LogP) is 4.13.